The molecule has 1 aliphatic heterocycles. The Morgan fingerprint density at radius 1 is 1.18 bits per heavy atom. The number of aromatic nitrogens is 2. The van der Waals surface area contributed by atoms with Crippen LogP contribution in [0.4, 0.5) is 0 Å². The summed E-state index contributed by atoms with van der Waals surface area (Å²) in [6, 6.07) is 3.33. The van der Waals surface area contributed by atoms with Crippen molar-refractivity contribution < 1.29 is 24.5 Å². The molecule has 0 saturated heterocycles. The second-order valence-electron chi connectivity index (χ2n) is 5.54. The summed E-state index contributed by atoms with van der Waals surface area (Å²) in [5, 5.41) is 18.2. The molecule has 0 bridgehead atoms. The second kappa shape index (κ2) is 5.10. The highest BCUT2D eigenvalue weighted by Crippen LogP contribution is 2.41. The van der Waals surface area contributed by atoms with Crippen molar-refractivity contribution in [3.8, 4) is 11.5 Å². The standard InChI is InChI=1S/C15H16N2O5/c1-15(2)21-11-6-9-10(7-12(11)22-15)17-13(14(19)20)8(16-9)4-3-5-18/h6-7,18H,3-5H2,1-2H3,(H,19,20). The number of aliphatic hydroxyl groups excluding tert-OH is 1. The number of carboxylic acids is 1. The van der Waals surface area contributed by atoms with E-state index >= 15 is 0 Å². The van der Waals surface area contributed by atoms with E-state index in [1.807, 2.05) is 0 Å². The van der Waals surface area contributed by atoms with E-state index in [0.29, 0.717) is 41.1 Å². The molecule has 2 heterocycles. The van der Waals surface area contributed by atoms with Crippen LogP contribution in [0.5, 0.6) is 11.5 Å². The number of nitrogens with zero attached hydrogens (tertiary/aromatic N) is 2. The molecule has 0 unspecified atom stereocenters. The molecule has 1 aromatic carbocycles. The Bertz CT molecular complexity index is 757. The second-order valence-corrected chi connectivity index (χ2v) is 5.54. The molecule has 1 aromatic heterocycles. The van der Waals surface area contributed by atoms with Crippen molar-refractivity contribution >= 4 is 17.0 Å². The molecule has 3 rings (SSSR count). The fraction of sp³-hybridized carbons (Fsp3) is 0.400. The summed E-state index contributed by atoms with van der Waals surface area (Å²) < 4.78 is 11.3. The first kappa shape index (κ1) is 14.5. The number of aryl methyl sites for hydroxylation is 1. The lowest BCUT2D eigenvalue weighted by molar-refractivity contribution is -0.0431. The van der Waals surface area contributed by atoms with Crippen LogP contribution in [0.2, 0.25) is 0 Å². The van der Waals surface area contributed by atoms with E-state index in [2.05, 4.69) is 9.97 Å². The smallest absolute Gasteiger partial charge is 0.356 e. The number of carbonyl (C=O) groups is 1. The Kier molecular flexibility index (Phi) is 3.37. The van der Waals surface area contributed by atoms with Gasteiger partial charge in [-0.1, -0.05) is 0 Å². The average Bonchev–Trinajstić information content (AvgIpc) is 2.74. The van der Waals surface area contributed by atoms with E-state index in [1.54, 1.807) is 26.0 Å². The number of hydrogen-bond donors (Lipinski definition) is 2. The number of aromatic carboxylic acids is 1. The van der Waals surface area contributed by atoms with Crippen LogP contribution in [0.1, 0.15) is 36.5 Å². The molecule has 0 radical (unpaired) electrons. The van der Waals surface area contributed by atoms with E-state index in [9.17, 15) is 9.90 Å². The zero-order valence-corrected chi connectivity index (χ0v) is 12.3. The Hall–Kier alpha value is -2.41. The zero-order chi connectivity index (χ0) is 15.9. The Morgan fingerprint density at radius 2 is 1.77 bits per heavy atom. The minimum atomic E-state index is -1.14. The lowest BCUT2D eigenvalue weighted by Gasteiger charge is -2.16. The van der Waals surface area contributed by atoms with Crippen molar-refractivity contribution in [3.63, 3.8) is 0 Å². The van der Waals surface area contributed by atoms with Gasteiger partial charge in [0.25, 0.3) is 0 Å². The van der Waals surface area contributed by atoms with Crippen LogP contribution in [0.15, 0.2) is 12.1 Å². The maximum absolute atomic E-state index is 11.3. The van der Waals surface area contributed by atoms with Gasteiger partial charge in [0.05, 0.1) is 16.7 Å². The maximum Gasteiger partial charge on any atom is 0.356 e. The SMILES string of the molecule is CC1(C)Oc2cc3nc(CCCO)c(C(=O)O)nc3cc2O1. The molecule has 7 nitrogen and oxygen atoms in total. The molecule has 0 fully saturated rings. The molecule has 0 amide bonds. The molecule has 2 N–H and O–H groups in total. The van der Waals surface area contributed by atoms with Crippen molar-refractivity contribution in [2.45, 2.75) is 32.5 Å². The van der Waals surface area contributed by atoms with Crippen LogP contribution in [0.25, 0.3) is 11.0 Å². The third kappa shape index (κ3) is 2.55. The van der Waals surface area contributed by atoms with Crippen LogP contribution >= 0.6 is 0 Å². The summed E-state index contributed by atoms with van der Waals surface area (Å²) in [7, 11) is 0. The van der Waals surface area contributed by atoms with Crippen LogP contribution in [0.3, 0.4) is 0 Å². The van der Waals surface area contributed by atoms with Gasteiger partial charge in [0.15, 0.2) is 17.2 Å². The minimum absolute atomic E-state index is 0.0336. The lowest BCUT2D eigenvalue weighted by Crippen LogP contribution is -2.29. The summed E-state index contributed by atoms with van der Waals surface area (Å²) >= 11 is 0. The first-order chi connectivity index (χ1) is 10.4. The Morgan fingerprint density at radius 3 is 2.32 bits per heavy atom. The highest BCUT2D eigenvalue weighted by Gasteiger charge is 2.32. The molecule has 2 aromatic rings. The number of aliphatic hydroxyl groups is 1. The van der Waals surface area contributed by atoms with Crippen molar-refractivity contribution in [1.82, 2.24) is 9.97 Å². The van der Waals surface area contributed by atoms with E-state index in [1.165, 1.54) is 0 Å². The number of carboxylic acid groups (broad SMARTS) is 1. The Balaban J connectivity index is 2.12. The number of benzene rings is 1. The van der Waals surface area contributed by atoms with E-state index in [0.717, 1.165) is 0 Å². The fourth-order valence-corrected chi connectivity index (χ4v) is 2.40. The molecule has 7 heteroatoms. The summed E-state index contributed by atoms with van der Waals surface area (Å²) in [5.41, 5.74) is 1.23. The first-order valence-electron chi connectivity index (χ1n) is 6.96. The van der Waals surface area contributed by atoms with Crippen molar-refractivity contribution in [1.29, 1.82) is 0 Å². The number of ether oxygens (including phenoxy) is 2. The average molecular weight is 304 g/mol. The van der Waals surface area contributed by atoms with Gasteiger partial charge in [-0.2, -0.15) is 0 Å². The Labute approximate surface area is 126 Å². The fourth-order valence-electron chi connectivity index (χ4n) is 2.40. The molecule has 22 heavy (non-hydrogen) atoms. The van der Waals surface area contributed by atoms with Crippen LogP contribution in [-0.4, -0.2) is 38.5 Å². The van der Waals surface area contributed by atoms with Crippen molar-refractivity contribution in [2.75, 3.05) is 6.61 Å². The maximum atomic E-state index is 11.3. The topological polar surface area (TPSA) is 102 Å². The summed E-state index contributed by atoms with van der Waals surface area (Å²) in [6.45, 7) is 3.54. The number of rotatable bonds is 4. The van der Waals surface area contributed by atoms with E-state index in [4.69, 9.17) is 14.6 Å². The van der Waals surface area contributed by atoms with Crippen LogP contribution in [-0.2, 0) is 6.42 Å². The van der Waals surface area contributed by atoms with Crippen LogP contribution < -0.4 is 9.47 Å². The van der Waals surface area contributed by atoms with Gasteiger partial charge in [0, 0.05) is 32.6 Å². The molecule has 0 saturated carbocycles. The first-order valence-corrected chi connectivity index (χ1v) is 6.96. The van der Waals surface area contributed by atoms with Gasteiger partial charge in [-0.3, -0.25) is 0 Å². The quantitative estimate of drug-likeness (QED) is 0.887. The number of hydrogen-bond acceptors (Lipinski definition) is 6. The molecule has 116 valence electrons. The normalized spacial score (nSPS) is 15.2. The van der Waals surface area contributed by atoms with Gasteiger partial charge in [-0.15, -0.1) is 0 Å². The largest absolute Gasteiger partial charge is 0.476 e. The van der Waals surface area contributed by atoms with Crippen molar-refractivity contribution in [2.24, 2.45) is 0 Å². The van der Waals surface area contributed by atoms with Crippen molar-refractivity contribution in [3.05, 3.63) is 23.5 Å². The van der Waals surface area contributed by atoms with Gasteiger partial charge in [-0.25, -0.2) is 14.8 Å². The predicted octanol–water partition coefficient (Wildman–Crippen LogP) is 1.76. The summed E-state index contributed by atoms with van der Waals surface area (Å²) in [6.07, 6.45) is 0.777. The minimum Gasteiger partial charge on any atom is -0.476 e. The third-order valence-corrected chi connectivity index (χ3v) is 3.29. The highest BCUT2D eigenvalue weighted by molar-refractivity contribution is 5.90. The zero-order valence-electron chi connectivity index (χ0n) is 12.3. The molecule has 0 atom stereocenters. The predicted molar refractivity (Wildman–Crippen MR) is 77.2 cm³/mol. The van der Waals surface area contributed by atoms with Gasteiger partial charge in [-0.05, 0) is 12.8 Å². The van der Waals surface area contributed by atoms with E-state index < -0.39 is 11.8 Å². The molecular weight excluding hydrogens is 288 g/mol. The summed E-state index contributed by atoms with van der Waals surface area (Å²) in [4.78, 5) is 19.9. The molecular formula is C15H16N2O5. The molecule has 0 aliphatic carbocycles. The number of fused-ring (bicyclic) bond motifs is 2. The highest BCUT2D eigenvalue weighted by atomic mass is 16.7. The molecule has 0 spiro atoms. The van der Waals surface area contributed by atoms with Gasteiger partial charge >= 0.3 is 5.97 Å². The molecule has 1 aliphatic rings. The van der Waals surface area contributed by atoms with Gasteiger partial charge < -0.3 is 19.7 Å². The third-order valence-electron chi connectivity index (χ3n) is 3.29. The monoisotopic (exact) mass is 304 g/mol. The van der Waals surface area contributed by atoms with Gasteiger partial charge in [0.2, 0.25) is 5.79 Å². The van der Waals surface area contributed by atoms with Gasteiger partial charge in [0.1, 0.15) is 0 Å². The lowest BCUT2D eigenvalue weighted by atomic mass is 10.1. The summed E-state index contributed by atoms with van der Waals surface area (Å²) in [5.74, 6) is -0.829. The van der Waals surface area contributed by atoms with E-state index in [-0.39, 0.29) is 12.3 Å². The van der Waals surface area contributed by atoms with Crippen LogP contribution in [0, 0.1) is 0 Å².